The van der Waals surface area contributed by atoms with Gasteiger partial charge < -0.3 is 10.6 Å². The number of aromatic nitrogens is 4. The van der Waals surface area contributed by atoms with Crippen molar-refractivity contribution in [3.8, 4) is 11.3 Å². The maximum absolute atomic E-state index is 12.9. The Morgan fingerprint density at radius 1 is 1.23 bits per heavy atom. The Balaban J connectivity index is 1.46. The number of nitrogen functional groups attached to an aromatic ring is 1. The highest BCUT2D eigenvalue weighted by Gasteiger charge is 2.26. The fraction of sp³-hybridized carbons (Fsp3) is 0.182. The molecule has 0 bridgehead atoms. The third kappa shape index (κ3) is 3.07. The van der Waals surface area contributed by atoms with E-state index in [0.717, 1.165) is 34.5 Å². The topological polar surface area (TPSA) is 101 Å². The lowest BCUT2D eigenvalue weighted by Crippen LogP contribution is -2.30. The molecular formula is C22H19ClN6O. The number of amides is 1. The number of fused-ring (bicyclic) bond motifs is 2. The number of nitrogens with one attached hydrogen (secondary N) is 1. The highest BCUT2D eigenvalue weighted by molar-refractivity contribution is 6.31. The van der Waals surface area contributed by atoms with Gasteiger partial charge in [-0.3, -0.25) is 9.89 Å². The molecule has 7 nitrogen and oxygen atoms in total. The van der Waals surface area contributed by atoms with E-state index in [2.05, 4.69) is 26.2 Å². The minimum atomic E-state index is 0.0368. The van der Waals surface area contributed by atoms with Crippen LogP contribution in [0.3, 0.4) is 0 Å². The average Bonchev–Trinajstić information content (AvgIpc) is 3.33. The first-order valence-corrected chi connectivity index (χ1v) is 10.0. The third-order valence-corrected chi connectivity index (χ3v) is 5.79. The summed E-state index contributed by atoms with van der Waals surface area (Å²) in [6.45, 7) is 2.43. The molecule has 150 valence electrons. The van der Waals surface area contributed by atoms with Gasteiger partial charge in [0.05, 0.1) is 17.5 Å². The zero-order valence-corrected chi connectivity index (χ0v) is 17.1. The number of nitrogens with zero attached hydrogens (tertiary/aromatic N) is 4. The van der Waals surface area contributed by atoms with E-state index in [-0.39, 0.29) is 12.3 Å². The molecule has 0 saturated carbocycles. The first-order valence-electron chi connectivity index (χ1n) is 9.66. The fourth-order valence-electron chi connectivity index (χ4n) is 3.99. The third-order valence-electron chi connectivity index (χ3n) is 5.42. The molecule has 0 aliphatic carbocycles. The van der Waals surface area contributed by atoms with Gasteiger partial charge in [0, 0.05) is 22.8 Å². The maximum atomic E-state index is 12.9. The quantitative estimate of drug-likeness (QED) is 0.528. The van der Waals surface area contributed by atoms with Gasteiger partial charge in [0.2, 0.25) is 5.91 Å². The lowest BCUT2D eigenvalue weighted by atomic mass is 10.0. The van der Waals surface area contributed by atoms with E-state index in [1.807, 2.05) is 35.2 Å². The van der Waals surface area contributed by atoms with Crippen LogP contribution in [0, 0.1) is 6.92 Å². The average molecular weight is 419 g/mol. The smallest absolute Gasteiger partial charge is 0.231 e. The molecule has 0 spiro atoms. The number of benzene rings is 2. The van der Waals surface area contributed by atoms with Gasteiger partial charge in [-0.15, -0.1) is 0 Å². The minimum absolute atomic E-state index is 0.0368. The molecule has 0 radical (unpaired) electrons. The van der Waals surface area contributed by atoms with Gasteiger partial charge in [-0.2, -0.15) is 5.10 Å². The van der Waals surface area contributed by atoms with Crippen molar-refractivity contribution in [1.82, 2.24) is 20.2 Å². The van der Waals surface area contributed by atoms with Crippen molar-refractivity contribution < 1.29 is 4.79 Å². The summed E-state index contributed by atoms with van der Waals surface area (Å²) in [6.07, 6.45) is 1.06. The summed E-state index contributed by atoms with van der Waals surface area (Å²) in [7, 11) is 0. The number of halogens is 1. The first kappa shape index (κ1) is 18.6. The standard InChI is InChI=1S/C22H19ClN6O/c1-12-25-21(24)19-20(27-28-22(19)26-12)15-6-7-17-14(10-15)8-9-29(17)18(30)11-13-4-2-3-5-16(13)23/h2-7,10H,8-9,11H2,1H3,(H3,24,25,26,27,28). The molecule has 1 aliphatic rings. The first-order chi connectivity index (χ1) is 14.5. The van der Waals surface area contributed by atoms with E-state index in [4.69, 9.17) is 17.3 Å². The highest BCUT2D eigenvalue weighted by Crippen LogP contribution is 2.35. The van der Waals surface area contributed by atoms with E-state index in [9.17, 15) is 4.79 Å². The van der Waals surface area contributed by atoms with E-state index in [0.29, 0.717) is 34.2 Å². The van der Waals surface area contributed by atoms with Crippen LogP contribution in [-0.4, -0.2) is 32.6 Å². The number of aryl methyl sites for hydroxylation is 1. The lowest BCUT2D eigenvalue weighted by molar-refractivity contribution is -0.117. The van der Waals surface area contributed by atoms with Gasteiger partial charge in [-0.25, -0.2) is 9.97 Å². The Bertz CT molecular complexity index is 1300. The molecule has 0 unspecified atom stereocenters. The molecule has 1 aliphatic heterocycles. The summed E-state index contributed by atoms with van der Waals surface area (Å²) in [4.78, 5) is 23.3. The summed E-state index contributed by atoms with van der Waals surface area (Å²) < 4.78 is 0. The molecule has 0 fully saturated rings. The van der Waals surface area contributed by atoms with Crippen molar-refractivity contribution in [3.63, 3.8) is 0 Å². The van der Waals surface area contributed by atoms with Crippen LogP contribution < -0.4 is 10.6 Å². The van der Waals surface area contributed by atoms with Crippen molar-refractivity contribution in [2.24, 2.45) is 0 Å². The predicted octanol–water partition coefficient (Wildman–Crippen LogP) is 3.70. The molecule has 4 aromatic rings. The van der Waals surface area contributed by atoms with E-state index < -0.39 is 0 Å². The molecule has 5 rings (SSSR count). The van der Waals surface area contributed by atoms with E-state index in [1.165, 1.54) is 0 Å². The number of H-pyrrole nitrogens is 1. The van der Waals surface area contributed by atoms with Crippen molar-refractivity contribution in [2.75, 3.05) is 17.2 Å². The molecule has 2 aromatic carbocycles. The molecule has 2 aromatic heterocycles. The highest BCUT2D eigenvalue weighted by atomic mass is 35.5. The van der Waals surface area contributed by atoms with Crippen LogP contribution in [-0.2, 0) is 17.6 Å². The van der Waals surface area contributed by atoms with Crippen molar-refractivity contribution in [1.29, 1.82) is 0 Å². The Labute approximate surface area is 177 Å². The Morgan fingerprint density at radius 2 is 2.07 bits per heavy atom. The van der Waals surface area contributed by atoms with Crippen LogP contribution in [0.25, 0.3) is 22.3 Å². The SMILES string of the molecule is Cc1nc(N)c2c(-c3ccc4c(c3)CCN4C(=O)Cc3ccccc3Cl)[nH]nc2n1. The minimum Gasteiger partial charge on any atom is -0.383 e. The number of anilines is 2. The van der Waals surface area contributed by atoms with E-state index >= 15 is 0 Å². The molecule has 8 heteroatoms. The summed E-state index contributed by atoms with van der Waals surface area (Å²) in [5, 5.41) is 8.64. The molecule has 1 amide bonds. The van der Waals surface area contributed by atoms with Gasteiger partial charge in [0.25, 0.3) is 0 Å². The zero-order valence-electron chi connectivity index (χ0n) is 16.3. The predicted molar refractivity (Wildman–Crippen MR) is 117 cm³/mol. The van der Waals surface area contributed by atoms with E-state index in [1.54, 1.807) is 13.0 Å². The number of hydrogen-bond acceptors (Lipinski definition) is 5. The fourth-order valence-corrected chi connectivity index (χ4v) is 4.19. The molecule has 3 heterocycles. The van der Waals surface area contributed by atoms with Crippen molar-refractivity contribution >= 4 is 40.0 Å². The maximum Gasteiger partial charge on any atom is 0.231 e. The Kier molecular flexibility index (Phi) is 4.40. The van der Waals surface area contributed by atoms with Gasteiger partial charge in [0.15, 0.2) is 5.65 Å². The van der Waals surface area contributed by atoms with Crippen LogP contribution in [0.2, 0.25) is 5.02 Å². The number of carbonyl (C=O) groups excluding carboxylic acids is 1. The van der Waals surface area contributed by atoms with Crippen LogP contribution in [0.5, 0.6) is 0 Å². The number of rotatable bonds is 3. The Hall–Kier alpha value is -3.45. The zero-order chi connectivity index (χ0) is 20.8. The molecule has 0 atom stereocenters. The second kappa shape index (κ2) is 7.11. The van der Waals surface area contributed by atoms with Crippen molar-refractivity contribution in [2.45, 2.75) is 19.8 Å². The normalized spacial score (nSPS) is 13.1. The van der Waals surface area contributed by atoms with Gasteiger partial charge in [-0.05, 0) is 42.7 Å². The second-order valence-electron chi connectivity index (χ2n) is 7.36. The number of nitrogens with two attached hydrogens (primary N) is 1. The van der Waals surface area contributed by atoms with Gasteiger partial charge in [0.1, 0.15) is 11.6 Å². The van der Waals surface area contributed by atoms with Crippen LogP contribution in [0.4, 0.5) is 11.5 Å². The Morgan fingerprint density at radius 3 is 2.90 bits per heavy atom. The molecular weight excluding hydrogens is 400 g/mol. The van der Waals surface area contributed by atoms with Gasteiger partial charge in [-0.1, -0.05) is 35.9 Å². The van der Waals surface area contributed by atoms with Crippen LogP contribution in [0.1, 0.15) is 17.0 Å². The number of hydrogen-bond donors (Lipinski definition) is 2. The largest absolute Gasteiger partial charge is 0.383 e. The van der Waals surface area contributed by atoms with Crippen LogP contribution >= 0.6 is 11.6 Å². The summed E-state index contributed by atoms with van der Waals surface area (Å²) >= 11 is 6.22. The second-order valence-corrected chi connectivity index (χ2v) is 7.77. The lowest BCUT2D eigenvalue weighted by Gasteiger charge is -2.18. The summed E-state index contributed by atoms with van der Waals surface area (Å²) in [6, 6.07) is 13.5. The molecule has 3 N–H and O–H groups in total. The number of carbonyl (C=O) groups is 1. The van der Waals surface area contributed by atoms with Crippen LogP contribution in [0.15, 0.2) is 42.5 Å². The molecule has 30 heavy (non-hydrogen) atoms. The monoisotopic (exact) mass is 418 g/mol. The van der Waals surface area contributed by atoms with Gasteiger partial charge >= 0.3 is 0 Å². The molecule has 0 saturated heterocycles. The summed E-state index contributed by atoms with van der Waals surface area (Å²) in [5.41, 5.74) is 11.3. The number of aromatic amines is 1. The summed E-state index contributed by atoms with van der Waals surface area (Å²) in [5.74, 6) is 1.02. The van der Waals surface area contributed by atoms with Crippen molar-refractivity contribution in [3.05, 3.63) is 64.4 Å².